The van der Waals surface area contributed by atoms with Gasteiger partial charge in [0.2, 0.25) is 0 Å². The Morgan fingerprint density at radius 2 is 2.04 bits per heavy atom. The highest BCUT2D eigenvalue weighted by Crippen LogP contribution is 2.26. The van der Waals surface area contributed by atoms with Crippen LogP contribution in [0.3, 0.4) is 0 Å². The highest BCUT2D eigenvalue weighted by molar-refractivity contribution is 5.98. The van der Waals surface area contributed by atoms with E-state index in [1.165, 1.54) is 0 Å². The van der Waals surface area contributed by atoms with Gasteiger partial charge in [-0.3, -0.25) is 4.79 Å². The molecule has 0 radical (unpaired) electrons. The van der Waals surface area contributed by atoms with Crippen LogP contribution in [0.1, 0.15) is 32.9 Å². The first-order chi connectivity index (χ1) is 13.5. The third-order valence-corrected chi connectivity index (χ3v) is 4.80. The molecule has 0 saturated heterocycles. The van der Waals surface area contributed by atoms with Gasteiger partial charge in [0.05, 0.1) is 23.6 Å². The smallest absolute Gasteiger partial charge is 0.253 e. The number of anilines is 1. The molecule has 2 aromatic heterocycles. The summed E-state index contributed by atoms with van der Waals surface area (Å²) in [4.78, 5) is 17.4. The highest BCUT2D eigenvalue weighted by Gasteiger charge is 2.19. The van der Waals surface area contributed by atoms with Gasteiger partial charge in [0.25, 0.3) is 5.91 Å². The minimum Gasteiger partial charge on any atom is -0.395 e. The van der Waals surface area contributed by atoms with Crippen molar-refractivity contribution in [2.45, 2.75) is 20.3 Å². The number of nitrogen functional groups attached to an aromatic ring is 1. The lowest BCUT2D eigenvalue weighted by molar-refractivity contribution is 0.0936. The summed E-state index contributed by atoms with van der Waals surface area (Å²) in [7, 11) is 1.60. The predicted molar refractivity (Wildman–Crippen MR) is 112 cm³/mol. The number of nitrogens with one attached hydrogen (secondary N) is 1. The van der Waals surface area contributed by atoms with E-state index in [4.69, 9.17) is 10.5 Å². The number of allylic oxidation sites excluding steroid dienone is 1. The van der Waals surface area contributed by atoms with Crippen LogP contribution in [0, 0.1) is 13.8 Å². The highest BCUT2D eigenvalue weighted by atomic mass is 16.5. The van der Waals surface area contributed by atoms with Crippen LogP contribution >= 0.6 is 0 Å². The Kier molecular flexibility index (Phi) is 6.11. The number of aryl methyl sites for hydroxylation is 2. The first kappa shape index (κ1) is 19.6. The number of nitrogens with zero attached hydrogens (tertiary/aromatic N) is 2. The molecule has 6 nitrogen and oxygen atoms in total. The van der Waals surface area contributed by atoms with Crippen molar-refractivity contribution in [2.75, 3.05) is 26.0 Å². The number of methoxy groups -OCH3 is 1. The average Bonchev–Trinajstić information content (AvgIpc) is 2.99. The van der Waals surface area contributed by atoms with Gasteiger partial charge in [-0.1, -0.05) is 42.5 Å². The van der Waals surface area contributed by atoms with Gasteiger partial charge in [-0.15, -0.1) is 0 Å². The summed E-state index contributed by atoms with van der Waals surface area (Å²) in [5, 5.41) is 2.89. The lowest BCUT2D eigenvalue weighted by Gasteiger charge is -2.13. The van der Waals surface area contributed by atoms with Gasteiger partial charge in [0, 0.05) is 25.5 Å². The molecule has 1 amide bonds. The van der Waals surface area contributed by atoms with Crippen LogP contribution < -0.4 is 11.1 Å². The van der Waals surface area contributed by atoms with Crippen LogP contribution in [0.25, 0.3) is 11.7 Å². The van der Waals surface area contributed by atoms with Gasteiger partial charge in [-0.25, -0.2) is 4.98 Å². The molecule has 3 rings (SSSR count). The molecule has 0 fully saturated rings. The first-order valence-corrected chi connectivity index (χ1v) is 9.28. The molecule has 0 spiro atoms. The Labute approximate surface area is 165 Å². The quantitative estimate of drug-likeness (QED) is 0.619. The average molecular weight is 378 g/mol. The number of hydrogen-bond donors (Lipinski definition) is 2. The fourth-order valence-corrected chi connectivity index (χ4v) is 3.12. The van der Waals surface area contributed by atoms with E-state index < -0.39 is 0 Å². The molecule has 1 aromatic carbocycles. The molecule has 3 aromatic rings. The maximum atomic E-state index is 12.8. The van der Waals surface area contributed by atoms with Gasteiger partial charge in [0.1, 0.15) is 0 Å². The zero-order valence-corrected chi connectivity index (χ0v) is 16.5. The Balaban J connectivity index is 1.99. The molecular formula is C22H26N4O2. The number of pyridine rings is 1. The molecule has 0 atom stereocenters. The van der Waals surface area contributed by atoms with Crippen molar-refractivity contribution >= 4 is 23.3 Å². The largest absolute Gasteiger partial charge is 0.395 e. The number of nitrogens with two attached hydrogens (primary N) is 1. The number of hydrogen-bond acceptors (Lipinski definition) is 4. The molecule has 0 bridgehead atoms. The molecule has 2 heterocycles. The monoisotopic (exact) mass is 378 g/mol. The van der Waals surface area contributed by atoms with E-state index in [0.717, 1.165) is 22.5 Å². The fraction of sp³-hybridized carbons (Fsp3) is 0.273. The summed E-state index contributed by atoms with van der Waals surface area (Å²) in [6.07, 6.45) is 6.41. The van der Waals surface area contributed by atoms with Gasteiger partial charge in [-0.2, -0.15) is 0 Å². The second-order valence-corrected chi connectivity index (χ2v) is 6.68. The molecule has 0 aliphatic rings. The van der Waals surface area contributed by atoms with E-state index >= 15 is 0 Å². The SMILES string of the molecule is COCCNC(=O)c1cn2c(C)c(C)nc2c(N)c1CC=Cc1ccccc1. The minimum atomic E-state index is -0.167. The number of ether oxygens (including phenoxy) is 1. The standard InChI is InChI=1S/C22H26N4O2/c1-15-16(2)26-14-19(22(27)24-12-13-28-3)18(20(23)21(26)25-15)11-7-10-17-8-5-4-6-9-17/h4-10,14H,11-13,23H2,1-3H3,(H,24,27). The summed E-state index contributed by atoms with van der Waals surface area (Å²) in [6, 6.07) is 10.0. The molecule has 0 unspecified atom stereocenters. The van der Waals surface area contributed by atoms with E-state index in [1.807, 2.05) is 66.9 Å². The summed E-state index contributed by atoms with van der Waals surface area (Å²) in [5.41, 5.74) is 12.0. The topological polar surface area (TPSA) is 81.6 Å². The zero-order valence-electron chi connectivity index (χ0n) is 16.5. The van der Waals surface area contributed by atoms with E-state index in [9.17, 15) is 4.79 Å². The van der Waals surface area contributed by atoms with Crippen molar-refractivity contribution in [3.63, 3.8) is 0 Å². The van der Waals surface area contributed by atoms with Crippen molar-refractivity contribution < 1.29 is 9.53 Å². The number of benzene rings is 1. The Morgan fingerprint density at radius 3 is 2.75 bits per heavy atom. The van der Waals surface area contributed by atoms with Crippen molar-refractivity contribution in [3.8, 4) is 0 Å². The van der Waals surface area contributed by atoms with E-state index in [-0.39, 0.29) is 5.91 Å². The van der Waals surface area contributed by atoms with E-state index in [1.54, 1.807) is 7.11 Å². The third-order valence-electron chi connectivity index (χ3n) is 4.80. The summed E-state index contributed by atoms with van der Waals surface area (Å²) in [6.45, 7) is 4.80. The Bertz CT molecular complexity index is 1010. The van der Waals surface area contributed by atoms with Crippen LogP contribution in [0.4, 0.5) is 5.69 Å². The number of imidazole rings is 1. The molecule has 0 saturated carbocycles. The summed E-state index contributed by atoms with van der Waals surface area (Å²) >= 11 is 0. The van der Waals surface area contributed by atoms with Gasteiger partial charge >= 0.3 is 0 Å². The molecule has 0 aliphatic carbocycles. The number of carbonyl (C=O) groups is 1. The number of carbonyl (C=O) groups excluding carboxylic acids is 1. The predicted octanol–water partition coefficient (Wildman–Crippen LogP) is 3.17. The van der Waals surface area contributed by atoms with Crippen LogP contribution in [0.2, 0.25) is 0 Å². The number of rotatable bonds is 7. The lowest BCUT2D eigenvalue weighted by atomic mass is 10.0. The van der Waals surface area contributed by atoms with Crippen molar-refractivity contribution in [1.82, 2.24) is 14.7 Å². The maximum absolute atomic E-state index is 12.8. The van der Waals surface area contributed by atoms with Crippen molar-refractivity contribution in [1.29, 1.82) is 0 Å². The van der Waals surface area contributed by atoms with Crippen LogP contribution in [0.15, 0.2) is 42.6 Å². The van der Waals surface area contributed by atoms with Crippen LogP contribution in [0.5, 0.6) is 0 Å². The lowest BCUT2D eigenvalue weighted by Crippen LogP contribution is -2.28. The second-order valence-electron chi connectivity index (χ2n) is 6.68. The van der Waals surface area contributed by atoms with Crippen LogP contribution in [-0.4, -0.2) is 35.6 Å². The number of aromatic nitrogens is 2. The summed E-state index contributed by atoms with van der Waals surface area (Å²) in [5.74, 6) is -0.167. The summed E-state index contributed by atoms with van der Waals surface area (Å²) < 4.78 is 6.91. The molecular weight excluding hydrogens is 352 g/mol. The van der Waals surface area contributed by atoms with Gasteiger partial charge in [-0.05, 0) is 31.4 Å². The minimum absolute atomic E-state index is 0.167. The van der Waals surface area contributed by atoms with Crippen molar-refractivity contribution in [2.24, 2.45) is 0 Å². The number of fused-ring (bicyclic) bond motifs is 1. The zero-order chi connectivity index (χ0) is 20.1. The maximum Gasteiger partial charge on any atom is 0.253 e. The van der Waals surface area contributed by atoms with Gasteiger partial charge < -0.3 is 20.2 Å². The van der Waals surface area contributed by atoms with Crippen LogP contribution in [-0.2, 0) is 11.2 Å². The molecule has 3 N–H and O–H groups in total. The first-order valence-electron chi connectivity index (χ1n) is 9.28. The van der Waals surface area contributed by atoms with Gasteiger partial charge in [0.15, 0.2) is 5.65 Å². The number of amides is 1. The Hall–Kier alpha value is -3.12. The fourth-order valence-electron chi connectivity index (χ4n) is 3.12. The molecule has 146 valence electrons. The second kappa shape index (κ2) is 8.71. The molecule has 6 heteroatoms. The molecule has 0 aliphatic heterocycles. The van der Waals surface area contributed by atoms with E-state index in [2.05, 4.69) is 10.3 Å². The normalized spacial score (nSPS) is 11.4. The van der Waals surface area contributed by atoms with E-state index in [0.29, 0.717) is 36.5 Å². The third kappa shape index (κ3) is 4.07. The van der Waals surface area contributed by atoms with Crippen molar-refractivity contribution in [3.05, 3.63) is 70.7 Å². The molecule has 28 heavy (non-hydrogen) atoms. The Morgan fingerprint density at radius 1 is 1.29 bits per heavy atom.